The predicted octanol–water partition coefficient (Wildman–Crippen LogP) is 0.590. The third-order valence-corrected chi connectivity index (χ3v) is 5.93. The van der Waals surface area contributed by atoms with Gasteiger partial charge in [0, 0.05) is 57.9 Å². The van der Waals surface area contributed by atoms with E-state index in [9.17, 15) is 4.79 Å². The molecule has 0 radical (unpaired) electrons. The molecular weight excluding hydrogens is 302 g/mol. The average Bonchev–Trinajstić information content (AvgIpc) is 3.23. The lowest BCUT2D eigenvalue weighted by Crippen LogP contribution is -2.54. The maximum absolute atomic E-state index is 12.8. The number of carbonyl (C=O) groups excluding carboxylic acids is 1. The van der Waals surface area contributed by atoms with E-state index in [2.05, 4.69) is 33.0 Å². The minimum atomic E-state index is 0.311. The van der Waals surface area contributed by atoms with Gasteiger partial charge >= 0.3 is 0 Å². The molecule has 3 aliphatic rings. The number of hydrogen-bond acceptors (Lipinski definition) is 4. The Morgan fingerprint density at radius 1 is 1.12 bits per heavy atom. The van der Waals surface area contributed by atoms with Crippen molar-refractivity contribution in [2.45, 2.75) is 37.8 Å². The fourth-order valence-corrected chi connectivity index (χ4v) is 4.32. The summed E-state index contributed by atoms with van der Waals surface area (Å²) in [5.41, 5.74) is 1.25. The molecule has 0 spiro atoms. The molecule has 2 aliphatic heterocycles. The highest BCUT2D eigenvalue weighted by Gasteiger charge is 2.44. The number of hydrogen-bond donors (Lipinski definition) is 0. The van der Waals surface area contributed by atoms with E-state index in [1.54, 1.807) is 0 Å². The highest BCUT2D eigenvalue weighted by molar-refractivity contribution is 5.81. The number of amides is 1. The number of likely N-dealkylation sites (N-methyl/N-ethyl adjacent to an activating group) is 1. The van der Waals surface area contributed by atoms with Crippen molar-refractivity contribution >= 4 is 5.91 Å². The molecule has 2 atom stereocenters. The van der Waals surface area contributed by atoms with Crippen LogP contribution in [-0.2, 0) is 18.3 Å². The minimum absolute atomic E-state index is 0.311. The summed E-state index contributed by atoms with van der Waals surface area (Å²) in [7, 11) is 4.16. The smallest absolute Gasteiger partial charge is 0.225 e. The third-order valence-electron chi connectivity index (χ3n) is 5.93. The molecule has 3 heterocycles. The Labute approximate surface area is 144 Å². The van der Waals surface area contributed by atoms with Crippen LogP contribution in [0, 0.1) is 5.92 Å². The Hall–Kier alpha value is -1.40. The number of aryl methyl sites for hydroxylation is 1. The summed E-state index contributed by atoms with van der Waals surface area (Å²) < 4.78 is 1.86. The molecule has 132 valence electrons. The van der Waals surface area contributed by atoms with Crippen molar-refractivity contribution in [2.24, 2.45) is 13.0 Å². The molecule has 6 nitrogen and oxygen atoms in total. The molecule has 6 heteroatoms. The van der Waals surface area contributed by atoms with Crippen LogP contribution < -0.4 is 0 Å². The molecule has 1 amide bonds. The first-order valence-electron chi connectivity index (χ1n) is 9.32. The van der Waals surface area contributed by atoms with Crippen LogP contribution in [0.4, 0.5) is 0 Å². The Morgan fingerprint density at radius 2 is 1.88 bits per heavy atom. The van der Waals surface area contributed by atoms with Crippen molar-refractivity contribution in [2.75, 3.05) is 39.8 Å². The number of nitrogens with zero attached hydrogens (tertiary/aromatic N) is 5. The average molecular weight is 331 g/mol. The quantitative estimate of drug-likeness (QED) is 0.810. The van der Waals surface area contributed by atoms with E-state index in [-0.39, 0.29) is 0 Å². The van der Waals surface area contributed by atoms with Crippen molar-refractivity contribution in [1.82, 2.24) is 24.5 Å². The largest absolute Gasteiger partial charge is 0.338 e. The van der Waals surface area contributed by atoms with Crippen LogP contribution in [0.3, 0.4) is 0 Å². The Morgan fingerprint density at radius 3 is 2.50 bits per heavy atom. The van der Waals surface area contributed by atoms with E-state index in [0.717, 1.165) is 58.4 Å². The second-order valence-electron chi connectivity index (χ2n) is 7.79. The maximum atomic E-state index is 12.8. The van der Waals surface area contributed by atoms with Gasteiger partial charge in [-0.15, -0.1) is 0 Å². The zero-order valence-corrected chi connectivity index (χ0v) is 14.9. The lowest BCUT2D eigenvalue weighted by molar-refractivity contribution is -0.133. The van der Waals surface area contributed by atoms with Crippen molar-refractivity contribution in [3.63, 3.8) is 0 Å². The molecule has 0 N–H and O–H groups in total. The van der Waals surface area contributed by atoms with Crippen molar-refractivity contribution in [3.05, 3.63) is 18.0 Å². The molecule has 24 heavy (non-hydrogen) atoms. The molecule has 3 fully saturated rings. The Balaban J connectivity index is 1.52. The molecular formula is C18H29N5O. The van der Waals surface area contributed by atoms with Crippen LogP contribution in [0.15, 0.2) is 12.4 Å². The van der Waals surface area contributed by atoms with Gasteiger partial charge in [-0.2, -0.15) is 5.10 Å². The summed E-state index contributed by atoms with van der Waals surface area (Å²) in [6, 6.07) is 0.812. The number of carbonyl (C=O) groups is 1. The molecule has 2 saturated heterocycles. The van der Waals surface area contributed by atoms with Crippen molar-refractivity contribution in [1.29, 1.82) is 0 Å². The second kappa shape index (κ2) is 6.48. The monoisotopic (exact) mass is 331 g/mol. The van der Waals surface area contributed by atoms with Gasteiger partial charge in [-0.3, -0.25) is 14.4 Å². The normalized spacial score (nSPS) is 29.3. The first-order chi connectivity index (χ1) is 11.6. The van der Waals surface area contributed by atoms with Gasteiger partial charge in [0.1, 0.15) is 0 Å². The molecule has 0 unspecified atom stereocenters. The zero-order valence-electron chi connectivity index (χ0n) is 14.9. The molecule has 1 aromatic heterocycles. The van der Waals surface area contributed by atoms with E-state index in [4.69, 9.17) is 0 Å². The van der Waals surface area contributed by atoms with E-state index >= 15 is 0 Å². The second-order valence-corrected chi connectivity index (χ2v) is 7.79. The molecule has 1 saturated carbocycles. The van der Waals surface area contributed by atoms with Gasteiger partial charge in [-0.1, -0.05) is 0 Å². The van der Waals surface area contributed by atoms with Gasteiger partial charge in [0.05, 0.1) is 12.2 Å². The van der Waals surface area contributed by atoms with Crippen LogP contribution in [0.1, 0.15) is 24.8 Å². The van der Waals surface area contributed by atoms with Crippen LogP contribution in [0.5, 0.6) is 0 Å². The Kier molecular flexibility index (Phi) is 4.35. The van der Waals surface area contributed by atoms with Crippen molar-refractivity contribution in [3.8, 4) is 0 Å². The van der Waals surface area contributed by atoms with Crippen LogP contribution in [-0.4, -0.2) is 82.2 Å². The fraction of sp³-hybridized carbons (Fsp3) is 0.778. The predicted molar refractivity (Wildman–Crippen MR) is 92.6 cm³/mol. The summed E-state index contributed by atoms with van der Waals surface area (Å²) in [6.45, 7) is 5.43. The van der Waals surface area contributed by atoms with Crippen LogP contribution in [0.25, 0.3) is 0 Å². The topological polar surface area (TPSA) is 44.6 Å². The van der Waals surface area contributed by atoms with Crippen LogP contribution >= 0.6 is 0 Å². The van der Waals surface area contributed by atoms with Gasteiger partial charge in [0.25, 0.3) is 0 Å². The Bertz CT molecular complexity index is 588. The summed E-state index contributed by atoms with van der Waals surface area (Å²) in [6.07, 6.45) is 8.29. The summed E-state index contributed by atoms with van der Waals surface area (Å²) >= 11 is 0. The maximum Gasteiger partial charge on any atom is 0.225 e. The van der Waals surface area contributed by atoms with Gasteiger partial charge in [-0.05, 0) is 38.3 Å². The van der Waals surface area contributed by atoms with Gasteiger partial charge in [0.2, 0.25) is 5.91 Å². The SMILES string of the molecule is CN1CCN([C@@H]2CCN(C(=O)C3CC3)[C@H]2Cc2cnn(C)c2)CC1. The summed E-state index contributed by atoms with van der Waals surface area (Å²) in [4.78, 5) is 20.0. The standard InChI is InChI=1S/C18H29N5O/c1-20-7-9-22(10-8-20)16-5-6-23(18(24)15-3-4-15)17(16)11-14-12-19-21(2)13-14/h12-13,15-17H,3-11H2,1-2H3/t16-,17+/m1/s1. The van der Waals surface area contributed by atoms with Crippen molar-refractivity contribution < 1.29 is 4.79 Å². The zero-order chi connectivity index (χ0) is 16.7. The number of piperazine rings is 1. The van der Waals surface area contributed by atoms with Crippen LogP contribution in [0.2, 0.25) is 0 Å². The van der Waals surface area contributed by atoms with E-state index in [1.807, 2.05) is 17.9 Å². The molecule has 0 aromatic carbocycles. The number of likely N-dealkylation sites (tertiary alicyclic amines) is 1. The fourth-order valence-electron chi connectivity index (χ4n) is 4.32. The lowest BCUT2D eigenvalue weighted by Gasteiger charge is -2.40. The summed E-state index contributed by atoms with van der Waals surface area (Å²) in [5, 5.41) is 4.32. The van der Waals surface area contributed by atoms with E-state index in [0.29, 0.717) is 23.9 Å². The highest BCUT2D eigenvalue weighted by atomic mass is 16.2. The number of aromatic nitrogens is 2. The van der Waals surface area contributed by atoms with Gasteiger partial charge in [0.15, 0.2) is 0 Å². The molecule has 0 bridgehead atoms. The van der Waals surface area contributed by atoms with E-state index in [1.165, 1.54) is 5.56 Å². The summed E-state index contributed by atoms with van der Waals surface area (Å²) in [5.74, 6) is 0.716. The van der Waals surface area contributed by atoms with Gasteiger partial charge in [-0.25, -0.2) is 0 Å². The third kappa shape index (κ3) is 3.22. The first-order valence-corrected chi connectivity index (χ1v) is 9.32. The van der Waals surface area contributed by atoms with E-state index < -0.39 is 0 Å². The first kappa shape index (κ1) is 16.1. The number of rotatable bonds is 4. The van der Waals surface area contributed by atoms with Gasteiger partial charge < -0.3 is 9.80 Å². The molecule has 4 rings (SSSR count). The highest BCUT2D eigenvalue weighted by Crippen LogP contribution is 2.35. The molecule has 1 aromatic rings. The molecule has 1 aliphatic carbocycles. The minimum Gasteiger partial charge on any atom is -0.338 e. The lowest BCUT2D eigenvalue weighted by atomic mass is 9.99.